The number of hydrogen-bond acceptors (Lipinski definition) is 3. The van der Waals surface area contributed by atoms with Crippen molar-refractivity contribution in [2.75, 3.05) is 0 Å². The van der Waals surface area contributed by atoms with Crippen LogP contribution in [0.15, 0.2) is 53.0 Å². The molecule has 0 saturated heterocycles. The molecule has 0 aromatic heterocycles. The number of amides is 2. The molecular weight excluding hydrogens is 336 g/mol. The van der Waals surface area contributed by atoms with Gasteiger partial charge in [0.2, 0.25) is 5.91 Å². The lowest BCUT2D eigenvalue weighted by molar-refractivity contribution is -0.121. The van der Waals surface area contributed by atoms with Crippen molar-refractivity contribution in [3.8, 4) is 5.75 Å². The third kappa shape index (κ3) is 4.61. The fourth-order valence-electron chi connectivity index (χ4n) is 1.70. The minimum atomic E-state index is -0.397. The van der Waals surface area contributed by atoms with Crippen LogP contribution in [0, 0.1) is 0 Å². The molecule has 0 radical (unpaired) electrons. The molecule has 3 N–H and O–H groups in total. The van der Waals surface area contributed by atoms with E-state index >= 15 is 0 Å². The van der Waals surface area contributed by atoms with Gasteiger partial charge in [0.1, 0.15) is 5.75 Å². The van der Waals surface area contributed by atoms with E-state index in [4.69, 9.17) is 0 Å². The van der Waals surface area contributed by atoms with Crippen LogP contribution in [0.5, 0.6) is 5.75 Å². The van der Waals surface area contributed by atoms with Crippen LogP contribution in [0.4, 0.5) is 0 Å². The van der Waals surface area contributed by atoms with Gasteiger partial charge in [-0.05, 0) is 42.0 Å². The van der Waals surface area contributed by atoms with E-state index < -0.39 is 5.91 Å². The zero-order valence-corrected chi connectivity index (χ0v) is 12.6. The van der Waals surface area contributed by atoms with Crippen LogP contribution in [0.2, 0.25) is 0 Å². The van der Waals surface area contributed by atoms with Gasteiger partial charge >= 0.3 is 0 Å². The van der Waals surface area contributed by atoms with Crippen molar-refractivity contribution in [2.45, 2.75) is 6.42 Å². The van der Waals surface area contributed by atoms with E-state index in [1.54, 1.807) is 36.4 Å². The SMILES string of the molecule is O=C(Cc1cccc(O)c1)NNC(=O)c1ccc(Br)cc1. The molecule has 0 aliphatic rings. The van der Waals surface area contributed by atoms with Gasteiger partial charge in [-0.15, -0.1) is 0 Å². The van der Waals surface area contributed by atoms with Crippen LogP contribution in [-0.4, -0.2) is 16.9 Å². The van der Waals surface area contributed by atoms with Gasteiger partial charge in [0.25, 0.3) is 5.91 Å². The number of carbonyl (C=O) groups is 2. The molecule has 0 fully saturated rings. The first-order valence-electron chi connectivity index (χ1n) is 6.17. The Morgan fingerprint density at radius 1 is 1.05 bits per heavy atom. The summed E-state index contributed by atoms with van der Waals surface area (Å²) in [6.07, 6.45) is 0.0645. The number of hydrazine groups is 1. The first kappa shape index (κ1) is 15.1. The molecule has 2 aromatic rings. The first-order valence-corrected chi connectivity index (χ1v) is 6.96. The minimum Gasteiger partial charge on any atom is -0.508 e. The summed E-state index contributed by atoms with van der Waals surface area (Å²) in [5, 5.41) is 9.31. The molecule has 2 amide bonds. The maximum absolute atomic E-state index is 11.8. The van der Waals surface area contributed by atoms with Crippen molar-refractivity contribution in [1.82, 2.24) is 10.9 Å². The fourth-order valence-corrected chi connectivity index (χ4v) is 1.96. The molecule has 0 unspecified atom stereocenters. The minimum absolute atomic E-state index is 0.0645. The molecule has 108 valence electrons. The van der Waals surface area contributed by atoms with Gasteiger partial charge in [0.15, 0.2) is 0 Å². The number of aromatic hydroxyl groups is 1. The van der Waals surface area contributed by atoms with Crippen LogP contribution < -0.4 is 10.9 Å². The molecule has 2 aromatic carbocycles. The average Bonchev–Trinajstić information content (AvgIpc) is 2.45. The summed E-state index contributed by atoms with van der Waals surface area (Å²) in [6, 6.07) is 13.1. The molecule has 0 saturated carbocycles. The molecule has 2 rings (SSSR count). The lowest BCUT2D eigenvalue weighted by Crippen LogP contribution is -2.42. The summed E-state index contributed by atoms with van der Waals surface area (Å²) < 4.78 is 0.868. The highest BCUT2D eigenvalue weighted by molar-refractivity contribution is 9.10. The largest absolute Gasteiger partial charge is 0.508 e. The number of rotatable bonds is 3. The third-order valence-corrected chi connectivity index (χ3v) is 3.23. The molecule has 0 atom stereocenters. The second-order valence-corrected chi connectivity index (χ2v) is 5.27. The Hall–Kier alpha value is -2.34. The Kier molecular flexibility index (Phi) is 4.94. The smallest absolute Gasteiger partial charge is 0.269 e. The first-order chi connectivity index (χ1) is 10.0. The van der Waals surface area contributed by atoms with Crippen LogP contribution in [0.1, 0.15) is 15.9 Å². The second-order valence-electron chi connectivity index (χ2n) is 4.36. The normalized spacial score (nSPS) is 9.95. The maximum atomic E-state index is 11.8. The summed E-state index contributed by atoms with van der Waals surface area (Å²) in [6.45, 7) is 0. The maximum Gasteiger partial charge on any atom is 0.269 e. The Labute approximate surface area is 130 Å². The predicted octanol–water partition coefficient (Wildman–Crippen LogP) is 2.16. The van der Waals surface area contributed by atoms with Crippen LogP contribution in [0.3, 0.4) is 0 Å². The molecule has 6 heteroatoms. The van der Waals surface area contributed by atoms with Gasteiger partial charge < -0.3 is 5.11 Å². The van der Waals surface area contributed by atoms with E-state index in [1.165, 1.54) is 12.1 Å². The molecule has 0 aliphatic heterocycles. The summed E-state index contributed by atoms with van der Waals surface area (Å²) in [7, 11) is 0. The van der Waals surface area contributed by atoms with E-state index in [2.05, 4.69) is 26.8 Å². The topological polar surface area (TPSA) is 78.4 Å². The van der Waals surface area contributed by atoms with Crippen molar-refractivity contribution >= 4 is 27.7 Å². The number of hydrogen-bond donors (Lipinski definition) is 3. The number of benzene rings is 2. The van der Waals surface area contributed by atoms with Crippen LogP contribution in [-0.2, 0) is 11.2 Å². The zero-order chi connectivity index (χ0) is 15.2. The Balaban J connectivity index is 1.86. The van der Waals surface area contributed by atoms with Crippen molar-refractivity contribution in [3.05, 3.63) is 64.1 Å². The monoisotopic (exact) mass is 348 g/mol. The zero-order valence-electron chi connectivity index (χ0n) is 11.0. The van der Waals surface area contributed by atoms with Crippen molar-refractivity contribution in [3.63, 3.8) is 0 Å². The highest BCUT2D eigenvalue weighted by atomic mass is 79.9. The summed E-state index contributed by atoms with van der Waals surface area (Å²) in [4.78, 5) is 23.5. The quantitative estimate of drug-likeness (QED) is 0.743. The van der Waals surface area contributed by atoms with E-state index in [0.717, 1.165) is 4.47 Å². The van der Waals surface area contributed by atoms with E-state index in [1.807, 2.05) is 0 Å². The lowest BCUT2D eigenvalue weighted by atomic mass is 10.1. The number of nitrogens with one attached hydrogen (secondary N) is 2. The van der Waals surface area contributed by atoms with Gasteiger partial charge in [-0.25, -0.2) is 0 Å². The van der Waals surface area contributed by atoms with Crippen molar-refractivity contribution < 1.29 is 14.7 Å². The van der Waals surface area contributed by atoms with E-state index in [9.17, 15) is 14.7 Å². The fraction of sp³-hybridized carbons (Fsp3) is 0.0667. The van der Waals surface area contributed by atoms with Gasteiger partial charge in [0, 0.05) is 10.0 Å². The number of halogens is 1. The van der Waals surface area contributed by atoms with Crippen molar-refractivity contribution in [2.24, 2.45) is 0 Å². The highest BCUT2D eigenvalue weighted by Crippen LogP contribution is 2.11. The highest BCUT2D eigenvalue weighted by Gasteiger charge is 2.08. The number of phenols is 1. The molecule has 5 nitrogen and oxygen atoms in total. The summed E-state index contributed by atoms with van der Waals surface area (Å²) >= 11 is 3.28. The van der Waals surface area contributed by atoms with Crippen LogP contribution >= 0.6 is 15.9 Å². The Bertz CT molecular complexity index is 656. The molecule has 0 spiro atoms. The standard InChI is InChI=1S/C15H13BrN2O3/c16-12-6-4-11(5-7-12)15(21)18-17-14(20)9-10-2-1-3-13(19)8-10/h1-8,19H,9H2,(H,17,20)(H,18,21). The predicted molar refractivity (Wildman–Crippen MR) is 81.6 cm³/mol. The van der Waals surface area contributed by atoms with Gasteiger partial charge in [-0.2, -0.15) is 0 Å². The average molecular weight is 349 g/mol. The van der Waals surface area contributed by atoms with E-state index in [0.29, 0.717) is 11.1 Å². The van der Waals surface area contributed by atoms with Gasteiger partial charge in [-0.3, -0.25) is 20.4 Å². The molecule has 0 aliphatic carbocycles. The van der Waals surface area contributed by atoms with Crippen molar-refractivity contribution in [1.29, 1.82) is 0 Å². The third-order valence-electron chi connectivity index (χ3n) is 2.70. The Morgan fingerprint density at radius 3 is 2.43 bits per heavy atom. The lowest BCUT2D eigenvalue weighted by Gasteiger charge is -2.07. The summed E-state index contributed by atoms with van der Waals surface area (Å²) in [5.41, 5.74) is 5.77. The number of carbonyl (C=O) groups excluding carboxylic acids is 2. The van der Waals surface area contributed by atoms with Gasteiger partial charge in [-0.1, -0.05) is 28.1 Å². The molecule has 21 heavy (non-hydrogen) atoms. The van der Waals surface area contributed by atoms with Gasteiger partial charge in [0.05, 0.1) is 6.42 Å². The molecule has 0 bridgehead atoms. The second kappa shape index (κ2) is 6.90. The number of phenolic OH excluding ortho intramolecular Hbond substituents is 1. The Morgan fingerprint density at radius 2 is 1.76 bits per heavy atom. The van der Waals surface area contributed by atoms with E-state index in [-0.39, 0.29) is 18.1 Å². The molecule has 0 heterocycles. The summed E-state index contributed by atoms with van der Waals surface area (Å²) in [5.74, 6) is -0.669. The molecular formula is C15H13BrN2O3. The van der Waals surface area contributed by atoms with Crippen LogP contribution in [0.25, 0.3) is 0 Å².